The van der Waals surface area contributed by atoms with Crippen molar-refractivity contribution in [3.05, 3.63) is 70.4 Å². The predicted octanol–water partition coefficient (Wildman–Crippen LogP) is 3.06. The van der Waals surface area contributed by atoms with Crippen LogP contribution in [-0.2, 0) is 0 Å². The van der Waals surface area contributed by atoms with Gasteiger partial charge in [-0.1, -0.05) is 12.1 Å². The molecular formula is C21H21N5O2S. The molecule has 0 saturated carbocycles. The van der Waals surface area contributed by atoms with E-state index in [1.54, 1.807) is 6.07 Å². The van der Waals surface area contributed by atoms with Crippen molar-refractivity contribution in [2.45, 2.75) is 6.92 Å². The second kappa shape index (κ2) is 8.40. The Morgan fingerprint density at radius 1 is 1.10 bits per heavy atom. The molecule has 0 spiro atoms. The van der Waals surface area contributed by atoms with Crippen molar-refractivity contribution in [1.82, 2.24) is 14.9 Å². The summed E-state index contributed by atoms with van der Waals surface area (Å²) in [4.78, 5) is 38.0. The summed E-state index contributed by atoms with van der Waals surface area (Å²) in [6.07, 6.45) is 4.36. The number of piperazine rings is 1. The summed E-state index contributed by atoms with van der Waals surface area (Å²) < 4.78 is 0. The van der Waals surface area contributed by atoms with E-state index in [4.69, 9.17) is 0 Å². The van der Waals surface area contributed by atoms with E-state index in [0.717, 1.165) is 13.1 Å². The number of aromatic nitrogens is 2. The van der Waals surface area contributed by atoms with Crippen LogP contribution < -0.4 is 10.2 Å². The van der Waals surface area contributed by atoms with Crippen molar-refractivity contribution in [3.8, 4) is 0 Å². The number of thiophene rings is 1. The van der Waals surface area contributed by atoms with E-state index in [2.05, 4.69) is 51.4 Å². The van der Waals surface area contributed by atoms with Crippen LogP contribution in [0.1, 0.15) is 25.7 Å². The summed E-state index contributed by atoms with van der Waals surface area (Å²) in [5, 5.41) is 4.59. The van der Waals surface area contributed by atoms with Gasteiger partial charge in [-0.25, -0.2) is 4.98 Å². The number of anilines is 2. The van der Waals surface area contributed by atoms with Crippen LogP contribution in [0.4, 0.5) is 11.4 Å². The Bertz CT molecular complexity index is 1010. The number of nitrogens with zero attached hydrogens (tertiary/aromatic N) is 4. The summed E-state index contributed by atoms with van der Waals surface area (Å²) in [5.74, 6) is -0.437. The Morgan fingerprint density at radius 2 is 1.93 bits per heavy atom. The number of hydrogen-bond acceptors (Lipinski definition) is 6. The molecule has 4 rings (SSSR count). The first-order valence-electron chi connectivity index (χ1n) is 9.37. The lowest BCUT2D eigenvalue weighted by atomic mass is 10.2. The second-order valence-corrected chi connectivity index (χ2v) is 7.74. The molecule has 1 N–H and O–H groups in total. The third kappa shape index (κ3) is 4.27. The maximum atomic E-state index is 13.0. The SMILES string of the molecule is Cc1cccc(N2CCN(C(=O)c3sccc3NC(=O)c3cnccn3)CC2)c1. The number of amides is 2. The maximum absolute atomic E-state index is 13.0. The van der Waals surface area contributed by atoms with Crippen molar-refractivity contribution in [2.24, 2.45) is 0 Å². The standard InChI is InChI=1S/C21H21N5O2S/c1-15-3-2-4-16(13-15)25-8-10-26(11-9-25)21(28)19-17(5-12-29-19)24-20(27)18-14-22-6-7-23-18/h2-7,12-14H,8-11H2,1H3,(H,24,27). The number of benzene rings is 1. The van der Waals surface area contributed by atoms with E-state index in [0.29, 0.717) is 23.7 Å². The van der Waals surface area contributed by atoms with Gasteiger partial charge >= 0.3 is 0 Å². The summed E-state index contributed by atoms with van der Waals surface area (Å²) >= 11 is 1.33. The summed E-state index contributed by atoms with van der Waals surface area (Å²) in [7, 11) is 0. The molecule has 148 valence electrons. The van der Waals surface area contributed by atoms with Gasteiger partial charge in [-0.2, -0.15) is 0 Å². The zero-order chi connectivity index (χ0) is 20.2. The Hall–Kier alpha value is -3.26. The maximum Gasteiger partial charge on any atom is 0.275 e. The normalized spacial score (nSPS) is 14.0. The van der Waals surface area contributed by atoms with Gasteiger partial charge in [0, 0.05) is 44.3 Å². The summed E-state index contributed by atoms with van der Waals surface area (Å²) in [5.41, 5.74) is 3.13. The fourth-order valence-corrected chi connectivity index (χ4v) is 4.13. The highest BCUT2D eigenvalue weighted by molar-refractivity contribution is 7.12. The van der Waals surface area contributed by atoms with Crippen LogP contribution in [0.2, 0.25) is 0 Å². The van der Waals surface area contributed by atoms with E-state index in [1.165, 1.54) is 41.2 Å². The van der Waals surface area contributed by atoms with Crippen molar-refractivity contribution < 1.29 is 9.59 Å². The largest absolute Gasteiger partial charge is 0.368 e. The second-order valence-electron chi connectivity index (χ2n) is 6.83. The number of hydrogen-bond donors (Lipinski definition) is 1. The first-order chi connectivity index (χ1) is 14.1. The smallest absolute Gasteiger partial charge is 0.275 e. The Kier molecular flexibility index (Phi) is 5.53. The predicted molar refractivity (Wildman–Crippen MR) is 114 cm³/mol. The van der Waals surface area contributed by atoms with Crippen LogP contribution in [0.5, 0.6) is 0 Å². The molecule has 8 heteroatoms. The topological polar surface area (TPSA) is 78.4 Å². The van der Waals surface area contributed by atoms with Crippen LogP contribution in [0, 0.1) is 6.92 Å². The van der Waals surface area contributed by atoms with Crippen molar-refractivity contribution in [3.63, 3.8) is 0 Å². The Labute approximate surface area is 173 Å². The average molecular weight is 407 g/mol. The van der Waals surface area contributed by atoms with Gasteiger partial charge in [-0.05, 0) is 36.1 Å². The first kappa shape index (κ1) is 19.1. The van der Waals surface area contributed by atoms with E-state index >= 15 is 0 Å². The minimum Gasteiger partial charge on any atom is -0.368 e. The zero-order valence-electron chi connectivity index (χ0n) is 16.0. The molecule has 2 aromatic heterocycles. The lowest BCUT2D eigenvalue weighted by molar-refractivity contribution is 0.0752. The molecule has 1 aliphatic rings. The molecule has 1 aromatic carbocycles. The molecule has 0 aliphatic carbocycles. The molecule has 1 aliphatic heterocycles. The zero-order valence-corrected chi connectivity index (χ0v) is 16.9. The highest BCUT2D eigenvalue weighted by atomic mass is 32.1. The van der Waals surface area contributed by atoms with Gasteiger partial charge in [-0.15, -0.1) is 11.3 Å². The van der Waals surface area contributed by atoms with E-state index in [9.17, 15) is 9.59 Å². The highest BCUT2D eigenvalue weighted by Crippen LogP contribution is 2.26. The van der Waals surface area contributed by atoms with Gasteiger partial charge in [-0.3, -0.25) is 14.6 Å². The van der Waals surface area contributed by atoms with Gasteiger partial charge in [0.2, 0.25) is 0 Å². The summed E-state index contributed by atoms with van der Waals surface area (Å²) in [6, 6.07) is 10.1. The van der Waals surface area contributed by atoms with Gasteiger partial charge in [0.05, 0.1) is 11.9 Å². The van der Waals surface area contributed by atoms with Gasteiger partial charge in [0.1, 0.15) is 10.6 Å². The molecule has 29 heavy (non-hydrogen) atoms. The Morgan fingerprint density at radius 3 is 2.66 bits per heavy atom. The number of carbonyl (C=O) groups excluding carboxylic acids is 2. The van der Waals surface area contributed by atoms with E-state index < -0.39 is 0 Å². The van der Waals surface area contributed by atoms with Crippen LogP contribution in [0.25, 0.3) is 0 Å². The molecule has 3 heterocycles. The molecule has 0 unspecified atom stereocenters. The quantitative estimate of drug-likeness (QED) is 0.719. The molecule has 0 atom stereocenters. The molecule has 0 radical (unpaired) electrons. The van der Waals surface area contributed by atoms with E-state index in [-0.39, 0.29) is 17.5 Å². The van der Waals surface area contributed by atoms with Crippen molar-refractivity contribution >= 4 is 34.5 Å². The van der Waals surface area contributed by atoms with Crippen molar-refractivity contribution in [2.75, 3.05) is 36.4 Å². The van der Waals surface area contributed by atoms with Gasteiger partial charge < -0.3 is 15.1 Å². The lowest BCUT2D eigenvalue weighted by Gasteiger charge is -2.36. The number of aryl methyl sites for hydroxylation is 1. The highest BCUT2D eigenvalue weighted by Gasteiger charge is 2.25. The molecule has 2 amide bonds. The number of rotatable bonds is 4. The minimum atomic E-state index is -0.380. The monoisotopic (exact) mass is 407 g/mol. The lowest BCUT2D eigenvalue weighted by Crippen LogP contribution is -2.48. The third-order valence-electron chi connectivity index (χ3n) is 4.84. The Balaban J connectivity index is 1.41. The molecule has 1 fully saturated rings. The van der Waals surface area contributed by atoms with Gasteiger partial charge in [0.25, 0.3) is 11.8 Å². The molecule has 0 bridgehead atoms. The van der Waals surface area contributed by atoms with Crippen LogP contribution in [0.3, 0.4) is 0 Å². The minimum absolute atomic E-state index is 0.0571. The number of nitrogens with one attached hydrogen (secondary N) is 1. The number of carbonyl (C=O) groups is 2. The average Bonchev–Trinajstić information content (AvgIpc) is 3.22. The molecule has 3 aromatic rings. The van der Waals surface area contributed by atoms with E-state index in [1.807, 2.05) is 10.3 Å². The van der Waals surface area contributed by atoms with Crippen LogP contribution in [0.15, 0.2) is 54.3 Å². The van der Waals surface area contributed by atoms with Crippen LogP contribution in [-0.4, -0.2) is 52.9 Å². The summed E-state index contributed by atoms with van der Waals surface area (Å²) in [6.45, 7) is 4.92. The molecule has 7 nitrogen and oxygen atoms in total. The molecule has 1 saturated heterocycles. The fraction of sp³-hybridized carbons (Fsp3) is 0.238. The first-order valence-corrected chi connectivity index (χ1v) is 10.3. The van der Waals surface area contributed by atoms with Gasteiger partial charge in [0.15, 0.2) is 0 Å². The van der Waals surface area contributed by atoms with Crippen LogP contribution >= 0.6 is 11.3 Å². The van der Waals surface area contributed by atoms with Crippen molar-refractivity contribution in [1.29, 1.82) is 0 Å². The fourth-order valence-electron chi connectivity index (χ4n) is 3.31. The molecular weight excluding hydrogens is 386 g/mol. The third-order valence-corrected chi connectivity index (χ3v) is 5.74.